The molecule has 1 fully saturated rings. The van der Waals surface area contributed by atoms with E-state index >= 15 is 0 Å². The molecule has 0 heterocycles. The van der Waals surface area contributed by atoms with Gasteiger partial charge in [0.1, 0.15) is 11.9 Å². The van der Waals surface area contributed by atoms with Gasteiger partial charge in [0, 0.05) is 24.7 Å². The van der Waals surface area contributed by atoms with Gasteiger partial charge in [-0.1, -0.05) is 23.7 Å². The molecule has 0 spiro atoms. The summed E-state index contributed by atoms with van der Waals surface area (Å²) in [6, 6.07) is 1.50. The van der Waals surface area contributed by atoms with Crippen molar-refractivity contribution in [3.63, 3.8) is 0 Å². The predicted molar refractivity (Wildman–Crippen MR) is 76.2 cm³/mol. The van der Waals surface area contributed by atoms with E-state index in [1.165, 1.54) is 17.0 Å². The average molecular weight is 347 g/mol. The normalized spacial score (nSPS) is 16.7. The van der Waals surface area contributed by atoms with Gasteiger partial charge in [0.15, 0.2) is 0 Å². The summed E-state index contributed by atoms with van der Waals surface area (Å²) in [5.41, 5.74) is 4.95. The molecule has 0 bridgehead atoms. The van der Waals surface area contributed by atoms with Crippen molar-refractivity contribution in [3.05, 3.63) is 34.6 Å². The van der Waals surface area contributed by atoms with E-state index in [0.29, 0.717) is 12.8 Å². The number of nitrogens with two attached hydrogens (primary N) is 1. The van der Waals surface area contributed by atoms with Crippen molar-refractivity contribution in [2.45, 2.75) is 31.1 Å². The lowest BCUT2D eigenvalue weighted by atomic mass is 10.0. The van der Waals surface area contributed by atoms with Gasteiger partial charge in [0.05, 0.1) is 5.02 Å². The second-order valence-electron chi connectivity index (χ2n) is 4.84. The van der Waals surface area contributed by atoms with Crippen LogP contribution in [0.1, 0.15) is 24.4 Å². The standard InChI is InChI=1S/C13H15ClF4N2.ClH/c14-10-3-1-2-9(11(10)15)12(13(16,17)18)20(7-6-19)8-4-5-8;/h1-3,8,12H,4-7,19H2;1H. The maximum absolute atomic E-state index is 14.0. The van der Waals surface area contributed by atoms with Crippen LogP contribution < -0.4 is 5.73 Å². The molecular weight excluding hydrogens is 331 g/mol. The fourth-order valence-electron chi connectivity index (χ4n) is 2.35. The smallest absolute Gasteiger partial charge is 0.329 e. The molecule has 0 saturated heterocycles. The first-order valence-electron chi connectivity index (χ1n) is 6.32. The van der Waals surface area contributed by atoms with Gasteiger partial charge in [0.2, 0.25) is 0 Å². The largest absolute Gasteiger partial charge is 0.408 e. The summed E-state index contributed by atoms with van der Waals surface area (Å²) in [5, 5.41) is -0.305. The molecule has 2 N–H and O–H groups in total. The zero-order valence-electron chi connectivity index (χ0n) is 11.0. The molecule has 0 radical (unpaired) electrons. The summed E-state index contributed by atoms with van der Waals surface area (Å²) < 4.78 is 54.1. The van der Waals surface area contributed by atoms with E-state index in [2.05, 4.69) is 0 Å². The molecule has 1 aromatic rings. The van der Waals surface area contributed by atoms with Gasteiger partial charge in [-0.25, -0.2) is 4.39 Å². The van der Waals surface area contributed by atoms with Crippen LogP contribution in [0.15, 0.2) is 18.2 Å². The summed E-state index contributed by atoms with van der Waals surface area (Å²) >= 11 is 5.60. The Morgan fingerprint density at radius 1 is 1.33 bits per heavy atom. The van der Waals surface area contributed by atoms with E-state index in [1.54, 1.807) is 0 Å². The third-order valence-corrected chi connectivity index (χ3v) is 3.61. The maximum Gasteiger partial charge on any atom is 0.408 e. The van der Waals surface area contributed by atoms with Crippen molar-refractivity contribution in [2.24, 2.45) is 5.73 Å². The average Bonchev–Trinajstić information content (AvgIpc) is 3.16. The summed E-state index contributed by atoms with van der Waals surface area (Å²) in [4.78, 5) is 1.23. The monoisotopic (exact) mass is 346 g/mol. The Morgan fingerprint density at radius 2 is 1.95 bits per heavy atom. The second kappa shape index (κ2) is 7.13. The quantitative estimate of drug-likeness (QED) is 0.818. The van der Waals surface area contributed by atoms with Crippen molar-refractivity contribution in [3.8, 4) is 0 Å². The van der Waals surface area contributed by atoms with Crippen LogP contribution in [0, 0.1) is 5.82 Å². The van der Waals surface area contributed by atoms with Crippen molar-refractivity contribution >= 4 is 24.0 Å². The summed E-state index contributed by atoms with van der Waals surface area (Å²) in [5.74, 6) is -1.01. The van der Waals surface area contributed by atoms with Gasteiger partial charge >= 0.3 is 6.18 Å². The third-order valence-electron chi connectivity index (χ3n) is 3.32. The fraction of sp³-hybridized carbons (Fsp3) is 0.538. The van der Waals surface area contributed by atoms with E-state index in [1.807, 2.05) is 0 Å². The molecule has 1 aliphatic carbocycles. The first-order chi connectivity index (χ1) is 9.36. The fourth-order valence-corrected chi connectivity index (χ4v) is 2.53. The summed E-state index contributed by atoms with van der Waals surface area (Å²) in [6.07, 6.45) is -3.23. The molecule has 0 amide bonds. The first kappa shape index (κ1) is 18.5. The van der Waals surface area contributed by atoms with Gasteiger partial charge < -0.3 is 5.73 Å². The lowest BCUT2D eigenvalue weighted by Crippen LogP contribution is -2.42. The lowest BCUT2D eigenvalue weighted by molar-refractivity contribution is -0.188. The van der Waals surface area contributed by atoms with Gasteiger partial charge in [-0.2, -0.15) is 13.2 Å². The minimum Gasteiger partial charge on any atom is -0.329 e. The molecule has 1 aromatic carbocycles. The van der Waals surface area contributed by atoms with Crippen LogP contribution in [0.5, 0.6) is 0 Å². The Hall–Kier alpha value is -0.560. The van der Waals surface area contributed by atoms with Crippen LogP contribution in [-0.2, 0) is 0 Å². The SMILES string of the molecule is Cl.NCCN(C1CC1)C(c1cccc(Cl)c1F)C(F)(F)F. The van der Waals surface area contributed by atoms with Crippen molar-refractivity contribution in [1.29, 1.82) is 0 Å². The molecule has 1 unspecified atom stereocenters. The molecule has 1 atom stereocenters. The highest BCUT2D eigenvalue weighted by Gasteiger charge is 2.49. The molecule has 120 valence electrons. The van der Waals surface area contributed by atoms with Crippen LogP contribution in [0.25, 0.3) is 0 Å². The van der Waals surface area contributed by atoms with E-state index in [-0.39, 0.29) is 36.6 Å². The van der Waals surface area contributed by atoms with Crippen LogP contribution >= 0.6 is 24.0 Å². The second-order valence-corrected chi connectivity index (χ2v) is 5.25. The summed E-state index contributed by atoms with van der Waals surface area (Å²) in [7, 11) is 0. The molecule has 21 heavy (non-hydrogen) atoms. The molecule has 0 aromatic heterocycles. The molecule has 0 aliphatic heterocycles. The Labute approximate surface area is 131 Å². The highest BCUT2D eigenvalue weighted by Crippen LogP contribution is 2.44. The van der Waals surface area contributed by atoms with Crippen molar-refractivity contribution in [1.82, 2.24) is 4.90 Å². The van der Waals surface area contributed by atoms with E-state index in [9.17, 15) is 17.6 Å². The number of halogens is 6. The van der Waals surface area contributed by atoms with Crippen molar-refractivity contribution < 1.29 is 17.6 Å². The zero-order valence-corrected chi connectivity index (χ0v) is 12.6. The predicted octanol–water partition coefficient (Wildman–Crippen LogP) is 3.93. The number of rotatable bonds is 5. The molecular formula is C13H16Cl2F4N2. The van der Waals surface area contributed by atoms with Crippen LogP contribution in [-0.4, -0.2) is 30.2 Å². The number of hydrogen-bond donors (Lipinski definition) is 1. The van der Waals surface area contributed by atoms with E-state index in [4.69, 9.17) is 17.3 Å². The topological polar surface area (TPSA) is 29.3 Å². The zero-order chi connectivity index (χ0) is 14.9. The Balaban J connectivity index is 0.00000220. The molecule has 2 nitrogen and oxygen atoms in total. The highest BCUT2D eigenvalue weighted by molar-refractivity contribution is 6.30. The van der Waals surface area contributed by atoms with E-state index in [0.717, 1.165) is 6.07 Å². The number of nitrogens with zero attached hydrogens (tertiary/aromatic N) is 1. The first-order valence-corrected chi connectivity index (χ1v) is 6.70. The minimum absolute atomic E-state index is 0. The maximum atomic E-state index is 14.0. The number of alkyl halides is 3. The molecule has 1 aliphatic rings. The van der Waals surface area contributed by atoms with Gasteiger partial charge in [-0.3, -0.25) is 4.90 Å². The minimum atomic E-state index is -4.58. The summed E-state index contributed by atoms with van der Waals surface area (Å²) in [6.45, 7) is 0.159. The molecule has 2 rings (SSSR count). The molecule has 1 saturated carbocycles. The van der Waals surface area contributed by atoms with Gasteiger partial charge in [-0.05, 0) is 18.9 Å². The molecule has 8 heteroatoms. The van der Waals surface area contributed by atoms with Crippen molar-refractivity contribution in [2.75, 3.05) is 13.1 Å². The van der Waals surface area contributed by atoms with Crippen LogP contribution in [0.3, 0.4) is 0 Å². The van der Waals surface area contributed by atoms with Gasteiger partial charge in [0.25, 0.3) is 0 Å². The van der Waals surface area contributed by atoms with Crippen LogP contribution in [0.2, 0.25) is 5.02 Å². The Kier molecular flexibility index (Phi) is 6.28. The Morgan fingerprint density at radius 3 is 2.43 bits per heavy atom. The lowest BCUT2D eigenvalue weighted by Gasteiger charge is -2.33. The van der Waals surface area contributed by atoms with E-state index < -0.39 is 23.6 Å². The number of benzene rings is 1. The van der Waals surface area contributed by atoms with Crippen LogP contribution in [0.4, 0.5) is 17.6 Å². The third kappa shape index (κ3) is 4.22. The Bertz CT molecular complexity index is 478. The highest BCUT2D eigenvalue weighted by atomic mass is 35.5. The number of hydrogen-bond acceptors (Lipinski definition) is 2. The van der Waals surface area contributed by atoms with Gasteiger partial charge in [-0.15, -0.1) is 12.4 Å².